The van der Waals surface area contributed by atoms with Crippen molar-refractivity contribution in [1.82, 2.24) is 4.98 Å². The molecule has 0 saturated heterocycles. The molecule has 37 heavy (non-hydrogen) atoms. The number of Topliss-reactive ketones (excluding diaryl/α,β-unsaturated/α-hetero) is 1. The highest BCUT2D eigenvalue weighted by atomic mass is 32.1. The predicted molar refractivity (Wildman–Crippen MR) is 145 cm³/mol. The Bertz CT molecular complexity index is 1560. The van der Waals surface area contributed by atoms with Gasteiger partial charge >= 0.3 is 0 Å². The summed E-state index contributed by atoms with van der Waals surface area (Å²) in [5.74, 6) is 1.51. The van der Waals surface area contributed by atoms with Crippen molar-refractivity contribution in [2.75, 3.05) is 5.32 Å². The second kappa shape index (κ2) is 9.79. The maximum absolute atomic E-state index is 13.0. The third-order valence-electron chi connectivity index (χ3n) is 6.58. The van der Waals surface area contributed by atoms with Gasteiger partial charge in [-0.15, -0.1) is 11.3 Å². The molecule has 1 heterocycles. The number of thiazole rings is 1. The van der Waals surface area contributed by atoms with E-state index in [1.807, 2.05) is 57.2 Å². The van der Waals surface area contributed by atoms with Gasteiger partial charge in [-0.25, -0.2) is 4.98 Å². The number of benzene rings is 3. The van der Waals surface area contributed by atoms with Crippen LogP contribution in [-0.4, -0.2) is 16.7 Å². The third kappa shape index (κ3) is 5.55. The number of nitriles is 1. The largest absolute Gasteiger partial charge is 0.457 e. The highest BCUT2D eigenvalue weighted by Crippen LogP contribution is 2.34. The number of ketones is 1. The molecular formula is C30H27N3O3S. The lowest BCUT2D eigenvalue weighted by Gasteiger charge is -2.17. The minimum atomic E-state index is -0.688. The molecule has 4 aromatic rings. The van der Waals surface area contributed by atoms with Crippen molar-refractivity contribution in [2.24, 2.45) is 5.92 Å². The van der Waals surface area contributed by atoms with Gasteiger partial charge in [0, 0.05) is 29.3 Å². The number of carbonyl (C=O) groups is 2. The molecule has 1 amide bonds. The maximum Gasteiger partial charge on any atom is 0.255 e. The van der Waals surface area contributed by atoms with Gasteiger partial charge in [0.1, 0.15) is 22.3 Å². The van der Waals surface area contributed by atoms with E-state index in [0.29, 0.717) is 29.2 Å². The monoisotopic (exact) mass is 509 g/mol. The van der Waals surface area contributed by atoms with Gasteiger partial charge < -0.3 is 10.1 Å². The molecule has 0 radical (unpaired) electrons. The summed E-state index contributed by atoms with van der Waals surface area (Å²) in [6, 6.07) is 20.6. The highest BCUT2D eigenvalue weighted by Gasteiger charge is 2.29. The number of fused-ring (bicyclic) bond motifs is 1. The summed E-state index contributed by atoms with van der Waals surface area (Å²) < 4.78 is 7.08. The van der Waals surface area contributed by atoms with Crippen LogP contribution in [0.2, 0.25) is 0 Å². The summed E-state index contributed by atoms with van der Waals surface area (Å²) in [4.78, 5) is 29.8. The van der Waals surface area contributed by atoms with E-state index in [1.54, 1.807) is 24.3 Å². The van der Waals surface area contributed by atoms with Gasteiger partial charge in [0.2, 0.25) is 0 Å². The van der Waals surface area contributed by atoms with Crippen LogP contribution in [0.25, 0.3) is 10.2 Å². The Morgan fingerprint density at radius 3 is 2.62 bits per heavy atom. The fraction of sp³-hybridized carbons (Fsp3) is 0.267. The van der Waals surface area contributed by atoms with Crippen molar-refractivity contribution < 1.29 is 14.3 Å². The van der Waals surface area contributed by atoms with E-state index in [9.17, 15) is 14.9 Å². The molecule has 1 aliphatic rings. The molecule has 3 aromatic carbocycles. The number of anilines is 1. The molecule has 7 heteroatoms. The van der Waals surface area contributed by atoms with Crippen molar-refractivity contribution >= 4 is 38.9 Å². The molecule has 5 rings (SSSR count). The minimum Gasteiger partial charge on any atom is -0.457 e. The number of hydrogen-bond acceptors (Lipinski definition) is 6. The van der Waals surface area contributed by atoms with Gasteiger partial charge in [0.15, 0.2) is 0 Å². The van der Waals surface area contributed by atoms with Gasteiger partial charge in [0.25, 0.3) is 5.91 Å². The van der Waals surface area contributed by atoms with E-state index in [-0.39, 0.29) is 17.6 Å². The average molecular weight is 510 g/mol. The van der Waals surface area contributed by atoms with Crippen LogP contribution in [0.5, 0.6) is 11.5 Å². The lowest BCUT2D eigenvalue weighted by atomic mass is 9.85. The number of ether oxygens (including phenoxy) is 1. The Morgan fingerprint density at radius 1 is 1.11 bits per heavy atom. The zero-order valence-corrected chi connectivity index (χ0v) is 21.8. The van der Waals surface area contributed by atoms with Gasteiger partial charge in [-0.2, -0.15) is 5.26 Å². The molecule has 1 fully saturated rings. The van der Waals surface area contributed by atoms with Crippen molar-refractivity contribution in [3.05, 3.63) is 82.4 Å². The molecule has 1 aromatic heterocycles. The van der Waals surface area contributed by atoms with Crippen LogP contribution in [0.1, 0.15) is 53.2 Å². The third-order valence-corrected chi connectivity index (χ3v) is 7.60. The second-order valence-corrected chi connectivity index (χ2v) is 11.1. The van der Waals surface area contributed by atoms with E-state index in [4.69, 9.17) is 4.74 Å². The normalized spacial score (nSPS) is 13.2. The summed E-state index contributed by atoms with van der Waals surface area (Å²) in [5.41, 5.74) is 2.99. The van der Waals surface area contributed by atoms with Crippen LogP contribution < -0.4 is 10.1 Å². The van der Waals surface area contributed by atoms with E-state index < -0.39 is 5.41 Å². The Morgan fingerprint density at radius 2 is 1.86 bits per heavy atom. The summed E-state index contributed by atoms with van der Waals surface area (Å²) >= 11 is 1.52. The standard InChI is InChI=1S/C30H27N3O3S/c1-18-7-10-22(14-25(18)33-29(35)20-5-4-6-21(13-20)30(2,3)17-31)36-23-11-12-24-27(15-23)37-28(32-24)16-26(34)19-8-9-19/h4-7,10-15,19H,8-9,16H2,1-3H3,(H,33,35). The molecule has 1 saturated carbocycles. The van der Waals surface area contributed by atoms with Crippen LogP contribution >= 0.6 is 11.3 Å². The lowest BCUT2D eigenvalue weighted by molar-refractivity contribution is -0.119. The molecular weight excluding hydrogens is 482 g/mol. The van der Waals surface area contributed by atoms with Crippen molar-refractivity contribution in [3.63, 3.8) is 0 Å². The molecule has 0 unspecified atom stereocenters. The zero-order chi connectivity index (χ0) is 26.2. The molecule has 186 valence electrons. The topological polar surface area (TPSA) is 92.1 Å². The molecule has 0 spiro atoms. The smallest absolute Gasteiger partial charge is 0.255 e. The molecule has 6 nitrogen and oxygen atoms in total. The first-order valence-electron chi connectivity index (χ1n) is 12.3. The highest BCUT2D eigenvalue weighted by molar-refractivity contribution is 7.18. The number of rotatable bonds is 8. The molecule has 0 aliphatic heterocycles. The second-order valence-electron chi connectivity index (χ2n) is 10.0. The van der Waals surface area contributed by atoms with Crippen molar-refractivity contribution in [1.29, 1.82) is 5.26 Å². The van der Waals surface area contributed by atoms with Gasteiger partial charge in [0.05, 0.1) is 28.1 Å². The van der Waals surface area contributed by atoms with Gasteiger partial charge in [-0.1, -0.05) is 18.2 Å². The first-order chi connectivity index (χ1) is 17.7. The Labute approximate surface area is 219 Å². The summed E-state index contributed by atoms with van der Waals surface area (Å²) in [5, 5.41) is 13.2. The van der Waals surface area contributed by atoms with Crippen molar-refractivity contribution in [3.8, 4) is 17.6 Å². The fourth-order valence-corrected chi connectivity index (χ4v) is 5.04. The summed E-state index contributed by atoms with van der Waals surface area (Å²) in [6.45, 7) is 5.57. The summed E-state index contributed by atoms with van der Waals surface area (Å²) in [7, 11) is 0. The average Bonchev–Trinajstić information content (AvgIpc) is 3.67. The van der Waals surface area contributed by atoms with E-state index in [2.05, 4.69) is 16.4 Å². The Hall–Kier alpha value is -4.02. The molecule has 0 atom stereocenters. The molecule has 0 bridgehead atoms. The number of amides is 1. The van der Waals surface area contributed by atoms with E-state index in [0.717, 1.165) is 39.2 Å². The number of hydrogen-bond donors (Lipinski definition) is 1. The molecule has 1 aliphatic carbocycles. The first kappa shape index (κ1) is 24.7. The zero-order valence-electron chi connectivity index (χ0n) is 21.0. The predicted octanol–water partition coefficient (Wildman–Crippen LogP) is 6.97. The van der Waals surface area contributed by atoms with Crippen LogP contribution in [0.15, 0.2) is 60.7 Å². The number of nitrogens with one attached hydrogen (secondary N) is 1. The maximum atomic E-state index is 13.0. The minimum absolute atomic E-state index is 0.232. The Balaban J connectivity index is 1.31. The SMILES string of the molecule is Cc1ccc(Oc2ccc3nc(CC(=O)C4CC4)sc3c2)cc1NC(=O)c1cccc(C(C)(C)C#N)c1. The molecule has 1 N–H and O–H groups in total. The van der Waals surface area contributed by atoms with Crippen LogP contribution in [0, 0.1) is 24.2 Å². The van der Waals surface area contributed by atoms with Crippen LogP contribution in [0.4, 0.5) is 5.69 Å². The lowest BCUT2D eigenvalue weighted by Crippen LogP contribution is -2.17. The number of aromatic nitrogens is 1. The van der Waals surface area contributed by atoms with Crippen molar-refractivity contribution in [2.45, 2.75) is 45.4 Å². The number of carbonyl (C=O) groups excluding carboxylic acids is 2. The quantitative estimate of drug-likeness (QED) is 0.277. The van der Waals surface area contributed by atoms with E-state index >= 15 is 0 Å². The number of nitrogens with zero attached hydrogens (tertiary/aromatic N) is 2. The van der Waals surface area contributed by atoms with Crippen LogP contribution in [0.3, 0.4) is 0 Å². The Kier molecular flexibility index (Phi) is 6.53. The fourth-order valence-electron chi connectivity index (χ4n) is 4.03. The van der Waals surface area contributed by atoms with Crippen LogP contribution in [-0.2, 0) is 16.6 Å². The van der Waals surface area contributed by atoms with E-state index in [1.165, 1.54) is 11.3 Å². The summed E-state index contributed by atoms with van der Waals surface area (Å²) in [6.07, 6.45) is 2.41. The number of aryl methyl sites for hydroxylation is 1. The van der Waals surface area contributed by atoms with Gasteiger partial charge in [-0.3, -0.25) is 9.59 Å². The first-order valence-corrected chi connectivity index (χ1v) is 13.1. The van der Waals surface area contributed by atoms with Gasteiger partial charge in [-0.05, 0) is 75.1 Å².